The van der Waals surface area contributed by atoms with E-state index in [2.05, 4.69) is 0 Å². The van der Waals surface area contributed by atoms with Crippen LogP contribution in [0, 0.1) is 0 Å². The van der Waals surface area contributed by atoms with E-state index in [1.54, 1.807) is 6.08 Å². The van der Waals surface area contributed by atoms with Gasteiger partial charge in [0.15, 0.2) is 5.12 Å². The summed E-state index contributed by atoms with van der Waals surface area (Å²) < 4.78 is 37.6. The number of carboxylic acids is 1. The number of hydrogen-bond donors (Lipinski definition) is 1. The van der Waals surface area contributed by atoms with Gasteiger partial charge in [0.25, 0.3) is 0 Å². The van der Waals surface area contributed by atoms with E-state index >= 15 is 0 Å². The van der Waals surface area contributed by atoms with Crippen LogP contribution in [0.2, 0.25) is 0 Å². The zero-order valence-corrected chi connectivity index (χ0v) is 11.9. The van der Waals surface area contributed by atoms with Gasteiger partial charge in [0.2, 0.25) is 0 Å². The number of allylic oxidation sites excluding steroid dienone is 1. The normalized spacial score (nSPS) is 11.8. The summed E-state index contributed by atoms with van der Waals surface area (Å²) in [7, 11) is 0. The minimum atomic E-state index is -4.58. The number of carbonyl (C=O) groups is 2. The molecule has 0 fully saturated rings. The van der Waals surface area contributed by atoms with Gasteiger partial charge in [-0.2, -0.15) is 13.2 Å². The Balaban J connectivity index is 2.89. The van der Waals surface area contributed by atoms with E-state index in [9.17, 15) is 22.8 Å². The number of thioether (sulfide) groups is 1. The first kappa shape index (κ1) is 17.3. The number of carboxylic acid groups (broad SMARTS) is 1. The van der Waals surface area contributed by atoms with Crippen LogP contribution in [-0.4, -0.2) is 21.9 Å². The zero-order valence-electron chi connectivity index (χ0n) is 11.1. The molecule has 0 aliphatic heterocycles. The summed E-state index contributed by atoms with van der Waals surface area (Å²) in [6, 6.07) is 2.59. The largest absolute Gasteiger partial charge is 0.478 e. The second kappa shape index (κ2) is 7.31. The van der Waals surface area contributed by atoms with Crippen LogP contribution in [-0.2, 0) is 11.0 Å². The third-order valence-electron chi connectivity index (χ3n) is 2.50. The number of hydrogen-bond acceptors (Lipinski definition) is 3. The summed E-state index contributed by atoms with van der Waals surface area (Å²) in [5.74, 6) is -0.881. The lowest BCUT2D eigenvalue weighted by Gasteiger charge is -2.09. The van der Waals surface area contributed by atoms with Crippen molar-refractivity contribution in [3.05, 3.63) is 41.0 Å². The van der Waals surface area contributed by atoms with Crippen molar-refractivity contribution < 1.29 is 27.9 Å². The van der Waals surface area contributed by atoms with Gasteiger partial charge in [-0.25, -0.2) is 4.79 Å². The molecule has 1 aromatic carbocycles. The SMILES string of the molecule is CC(=O)SCCC=Cc1ccc(C(F)(F)F)cc1C(=O)O. The van der Waals surface area contributed by atoms with Crippen molar-refractivity contribution >= 4 is 28.9 Å². The fourth-order valence-corrected chi connectivity index (χ4v) is 2.09. The lowest BCUT2D eigenvalue weighted by atomic mass is 10.0. The van der Waals surface area contributed by atoms with Crippen molar-refractivity contribution in [1.82, 2.24) is 0 Å². The smallest absolute Gasteiger partial charge is 0.416 e. The summed E-state index contributed by atoms with van der Waals surface area (Å²) in [5.41, 5.74) is -1.20. The average Bonchev–Trinajstić information content (AvgIpc) is 2.36. The Bertz CT molecular complexity index is 565. The third kappa shape index (κ3) is 5.63. The van der Waals surface area contributed by atoms with Gasteiger partial charge in [0, 0.05) is 12.7 Å². The zero-order chi connectivity index (χ0) is 16.0. The highest BCUT2D eigenvalue weighted by molar-refractivity contribution is 8.13. The summed E-state index contributed by atoms with van der Waals surface area (Å²) >= 11 is 1.13. The summed E-state index contributed by atoms with van der Waals surface area (Å²) in [6.07, 6.45) is -0.982. The van der Waals surface area contributed by atoms with Gasteiger partial charge in [-0.15, -0.1) is 0 Å². The van der Waals surface area contributed by atoms with E-state index < -0.39 is 23.3 Å². The Morgan fingerprint density at radius 2 is 2.00 bits per heavy atom. The molecule has 0 aliphatic carbocycles. The Morgan fingerprint density at radius 1 is 1.33 bits per heavy atom. The van der Waals surface area contributed by atoms with E-state index in [-0.39, 0.29) is 10.7 Å². The van der Waals surface area contributed by atoms with Gasteiger partial charge < -0.3 is 5.11 Å². The summed E-state index contributed by atoms with van der Waals surface area (Å²) in [6.45, 7) is 1.44. The molecule has 0 aliphatic rings. The number of aromatic carboxylic acids is 1. The van der Waals surface area contributed by atoms with E-state index in [1.165, 1.54) is 13.0 Å². The highest BCUT2D eigenvalue weighted by atomic mass is 32.2. The Labute approximate surface area is 123 Å². The molecule has 0 heterocycles. The molecule has 0 unspecified atom stereocenters. The first-order valence-electron chi connectivity index (χ1n) is 5.96. The number of alkyl halides is 3. The molecule has 0 aromatic heterocycles. The van der Waals surface area contributed by atoms with Gasteiger partial charge >= 0.3 is 12.1 Å². The molecular formula is C14H13F3O3S. The van der Waals surface area contributed by atoms with E-state index in [1.807, 2.05) is 0 Å². The van der Waals surface area contributed by atoms with Crippen molar-refractivity contribution in [3.8, 4) is 0 Å². The van der Waals surface area contributed by atoms with Gasteiger partial charge in [0.1, 0.15) is 0 Å². The number of rotatable bonds is 5. The fourth-order valence-electron chi connectivity index (χ4n) is 1.54. The molecule has 0 amide bonds. The maximum Gasteiger partial charge on any atom is 0.416 e. The molecule has 1 rings (SSSR count). The number of carbonyl (C=O) groups excluding carboxylic acids is 1. The predicted molar refractivity (Wildman–Crippen MR) is 75.2 cm³/mol. The molecule has 0 atom stereocenters. The maximum atomic E-state index is 12.5. The van der Waals surface area contributed by atoms with Gasteiger partial charge in [-0.3, -0.25) is 4.79 Å². The van der Waals surface area contributed by atoms with Crippen molar-refractivity contribution in [1.29, 1.82) is 0 Å². The van der Waals surface area contributed by atoms with Crippen molar-refractivity contribution in [2.45, 2.75) is 19.5 Å². The first-order chi connectivity index (χ1) is 9.71. The Hall–Kier alpha value is -1.76. The lowest BCUT2D eigenvalue weighted by molar-refractivity contribution is -0.137. The second-order valence-electron chi connectivity index (χ2n) is 4.14. The minimum Gasteiger partial charge on any atom is -0.478 e. The molecule has 7 heteroatoms. The highest BCUT2D eigenvalue weighted by Crippen LogP contribution is 2.31. The molecule has 0 bridgehead atoms. The second-order valence-corrected chi connectivity index (χ2v) is 5.41. The number of halogens is 3. The standard InChI is InChI=1S/C14H13F3O3S/c1-9(18)21-7-3-2-4-10-5-6-11(14(15,16)17)8-12(10)13(19)20/h2,4-6,8H,3,7H2,1H3,(H,19,20). The maximum absolute atomic E-state index is 12.5. The van der Waals surface area contributed by atoms with Gasteiger partial charge in [-0.1, -0.05) is 30.0 Å². The van der Waals surface area contributed by atoms with Crippen LogP contribution in [0.15, 0.2) is 24.3 Å². The molecule has 0 saturated heterocycles. The first-order valence-corrected chi connectivity index (χ1v) is 6.95. The van der Waals surface area contributed by atoms with Crippen LogP contribution in [0.4, 0.5) is 13.2 Å². The molecule has 0 spiro atoms. The van der Waals surface area contributed by atoms with Crippen molar-refractivity contribution in [2.75, 3.05) is 5.75 Å². The monoisotopic (exact) mass is 318 g/mol. The van der Waals surface area contributed by atoms with E-state index in [4.69, 9.17) is 5.11 Å². The highest BCUT2D eigenvalue weighted by Gasteiger charge is 2.31. The van der Waals surface area contributed by atoms with Gasteiger partial charge in [0.05, 0.1) is 11.1 Å². The minimum absolute atomic E-state index is 0.0239. The molecular weight excluding hydrogens is 305 g/mol. The van der Waals surface area contributed by atoms with Gasteiger partial charge in [-0.05, 0) is 24.1 Å². The molecule has 1 N–H and O–H groups in total. The molecule has 114 valence electrons. The van der Waals surface area contributed by atoms with Crippen LogP contribution in [0.25, 0.3) is 6.08 Å². The Kier molecular flexibility index (Phi) is 6.02. The van der Waals surface area contributed by atoms with Crippen LogP contribution < -0.4 is 0 Å². The quantitative estimate of drug-likeness (QED) is 0.831. The average molecular weight is 318 g/mol. The predicted octanol–water partition coefficient (Wildman–Crippen LogP) is 4.09. The summed E-state index contributed by atoms with van der Waals surface area (Å²) in [4.78, 5) is 21.7. The van der Waals surface area contributed by atoms with E-state index in [0.29, 0.717) is 18.2 Å². The Morgan fingerprint density at radius 3 is 2.52 bits per heavy atom. The van der Waals surface area contributed by atoms with Crippen LogP contribution >= 0.6 is 11.8 Å². The van der Waals surface area contributed by atoms with Crippen LogP contribution in [0.5, 0.6) is 0 Å². The molecule has 0 saturated carbocycles. The van der Waals surface area contributed by atoms with Crippen molar-refractivity contribution in [2.24, 2.45) is 0 Å². The number of benzene rings is 1. The van der Waals surface area contributed by atoms with E-state index in [0.717, 1.165) is 23.9 Å². The molecule has 21 heavy (non-hydrogen) atoms. The summed E-state index contributed by atoms with van der Waals surface area (Å²) in [5, 5.41) is 8.96. The van der Waals surface area contributed by atoms with Crippen LogP contribution in [0.1, 0.15) is 34.8 Å². The van der Waals surface area contributed by atoms with Crippen LogP contribution in [0.3, 0.4) is 0 Å². The molecule has 3 nitrogen and oxygen atoms in total. The topological polar surface area (TPSA) is 54.4 Å². The molecule has 0 radical (unpaired) electrons. The van der Waals surface area contributed by atoms with Crippen molar-refractivity contribution in [3.63, 3.8) is 0 Å². The molecule has 1 aromatic rings. The third-order valence-corrected chi connectivity index (χ3v) is 3.34. The fraction of sp³-hybridized carbons (Fsp3) is 0.286. The lowest BCUT2D eigenvalue weighted by Crippen LogP contribution is -2.08.